The van der Waals surface area contributed by atoms with Crippen LogP contribution in [0.3, 0.4) is 0 Å². The average Bonchev–Trinajstić information content (AvgIpc) is 1.77. The second-order valence-corrected chi connectivity index (χ2v) is 37.9. The van der Waals surface area contributed by atoms with Gasteiger partial charge < -0.3 is 63.0 Å². The molecule has 1 saturated carbocycles. The lowest BCUT2D eigenvalue weighted by Gasteiger charge is -2.25. The summed E-state index contributed by atoms with van der Waals surface area (Å²) in [4.78, 5) is 22.1. The number of benzene rings is 5. The Morgan fingerprint density at radius 3 is 1.04 bits per heavy atom. The molecule has 10 aromatic rings. The fourth-order valence-electron chi connectivity index (χ4n) is 15.0. The number of rotatable bonds is 54. The Morgan fingerprint density at radius 2 is 0.716 bits per heavy atom. The Hall–Kier alpha value is -10.4. The number of alkyl halides is 11. The van der Waals surface area contributed by atoms with E-state index in [0.29, 0.717) is 140 Å². The van der Waals surface area contributed by atoms with Gasteiger partial charge >= 0.3 is 12.1 Å². The van der Waals surface area contributed by atoms with Crippen molar-refractivity contribution in [3.05, 3.63) is 178 Å². The number of likely N-dealkylation sites (N-methyl/N-ethyl adjacent to an activating group) is 2. The largest absolute Gasteiger partial charge is 0.494 e. The van der Waals surface area contributed by atoms with Gasteiger partial charge in [-0.1, -0.05) is 87.5 Å². The molecule has 0 atom stereocenters. The molecule has 0 aliphatic heterocycles. The Labute approximate surface area is 826 Å². The van der Waals surface area contributed by atoms with E-state index in [1.807, 2.05) is 44.2 Å². The van der Waals surface area contributed by atoms with Crippen LogP contribution >= 0.6 is 0 Å². The SMILES string of the molecule is CCCCN(C)Cc1[nH]ncc1-c1cc(OCCC(C)C)cc(C(C)(F)F)c1.CCCCN(C)Cc1cn[nH]c1-c1cc(OCC2CCC2)cc(C(C)(F)F)c1.CCCCN(C)Cc1cn[nH]c1-c1cc(OCCC(C)C)cc(C(C)(F)F)c1.CCCCN(C)Cc1cn[nH]c1-c1cc(OCCOC)cc(C(C)(F)F)c1.CNCCN(C)Cc1cn[nH]c1-c1cc(OCCCC(=O)OC)cc(C(F)(F)F)c1. The number of ether oxygens (including phenoxy) is 7. The molecule has 5 aromatic carbocycles. The van der Waals surface area contributed by atoms with Gasteiger partial charge in [-0.15, -0.1) is 0 Å². The van der Waals surface area contributed by atoms with Crippen molar-refractivity contribution in [2.45, 2.75) is 242 Å². The van der Waals surface area contributed by atoms with Crippen LogP contribution in [0.4, 0.5) is 48.3 Å². The van der Waals surface area contributed by atoms with Crippen LogP contribution in [-0.4, -0.2) is 217 Å². The molecule has 141 heavy (non-hydrogen) atoms. The molecule has 24 nitrogen and oxygen atoms in total. The second kappa shape index (κ2) is 58.4. The number of aromatic amines is 5. The summed E-state index contributed by atoms with van der Waals surface area (Å²) < 4.78 is 191. The number of carbonyl (C=O) groups is 1. The van der Waals surface area contributed by atoms with E-state index in [4.69, 9.17) is 28.4 Å². The number of unbranched alkanes of at least 4 members (excludes halogenated alkanes) is 4. The third-order valence-electron chi connectivity index (χ3n) is 23.7. The van der Waals surface area contributed by atoms with Crippen molar-refractivity contribution in [1.29, 1.82) is 0 Å². The van der Waals surface area contributed by atoms with Gasteiger partial charge in [0.1, 0.15) is 35.4 Å². The lowest BCUT2D eigenvalue weighted by Crippen LogP contribution is -2.27. The number of methoxy groups -OCH3 is 2. The molecule has 5 aromatic heterocycles. The van der Waals surface area contributed by atoms with Crippen LogP contribution < -0.4 is 29.0 Å². The zero-order chi connectivity index (χ0) is 104. The van der Waals surface area contributed by atoms with Crippen molar-refractivity contribution in [3.8, 4) is 84.9 Å². The molecular formula is C106H153F11N16O8. The van der Waals surface area contributed by atoms with E-state index in [9.17, 15) is 53.1 Å². The van der Waals surface area contributed by atoms with Crippen LogP contribution in [-0.2, 0) is 76.9 Å². The fraction of sp³-hybridized carbons (Fsp3) is 0.566. The summed E-state index contributed by atoms with van der Waals surface area (Å²) in [5, 5.41) is 38.5. The minimum Gasteiger partial charge on any atom is -0.494 e. The lowest BCUT2D eigenvalue weighted by molar-refractivity contribution is -0.141. The van der Waals surface area contributed by atoms with Crippen molar-refractivity contribution in [2.75, 3.05) is 135 Å². The molecular weight excluding hydrogens is 1830 g/mol. The van der Waals surface area contributed by atoms with Crippen LogP contribution in [0.1, 0.15) is 235 Å². The van der Waals surface area contributed by atoms with Crippen molar-refractivity contribution < 1.29 is 86.2 Å². The van der Waals surface area contributed by atoms with Crippen LogP contribution in [0, 0.1) is 17.8 Å². The number of H-pyrrole nitrogens is 5. The van der Waals surface area contributed by atoms with Crippen molar-refractivity contribution in [3.63, 3.8) is 0 Å². The number of aromatic nitrogens is 10. The number of hydrogen-bond donors (Lipinski definition) is 6. The maximum atomic E-state index is 14.1. The number of esters is 1. The predicted octanol–water partition coefficient (Wildman–Crippen LogP) is 24.8. The molecule has 35 heteroatoms. The Kier molecular flexibility index (Phi) is 48.6. The summed E-state index contributed by atoms with van der Waals surface area (Å²) in [5.74, 6) is -8.72. The Bertz CT molecular complexity index is 5140. The molecule has 11 rings (SSSR count). The van der Waals surface area contributed by atoms with Gasteiger partial charge in [-0.05, 0) is 241 Å². The maximum Gasteiger partial charge on any atom is 0.416 e. The molecule has 6 N–H and O–H groups in total. The van der Waals surface area contributed by atoms with E-state index in [1.165, 1.54) is 62.1 Å². The summed E-state index contributed by atoms with van der Waals surface area (Å²) in [6.45, 7) is 31.9. The van der Waals surface area contributed by atoms with Crippen LogP contribution in [0.5, 0.6) is 28.7 Å². The van der Waals surface area contributed by atoms with E-state index in [1.54, 1.807) is 50.2 Å². The maximum absolute atomic E-state index is 14.1. The number of halogens is 11. The minimum atomic E-state index is -4.52. The first-order valence-electron chi connectivity index (χ1n) is 49.1. The summed E-state index contributed by atoms with van der Waals surface area (Å²) in [7, 11) is 14.8. The van der Waals surface area contributed by atoms with Crippen molar-refractivity contribution in [1.82, 2.24) is 80.8 Å². The predicted molar refractivity (Wildman–Crippen MR) is 535 cm³/mol. The average molecular weight is 1990 g/mol. The van der Waals surface area contributed by atoms with E-state index in [-0.39, 0.29) is 41.0 Å². The lowest BCUT2D eigenvalue weighted by atomic mass is 9.86. The molecule has 1 aliphatic rings. The van der Waals surface area contributed by atoms with E-state index in [2.05, 4.69) is 157 Å². The normalized spacial score (nSPS) is 12.6. The number of carbonyl (C=O) groups excluding carboxylic acids is 1. The smallest absolute Gasteiger partial charge is 0.416 e. The van der Waals surface area contributed by atoms with Gasteiger partial charge in [0.2, 0.25) is 0 Å². The summed E-state index contributed by atoms with van der Waals surface area (Å²) in [6, 6.07) is 22.6. The zero-order valence-electron chi connectivity index (χ0n) is 86.3. The number of hydrogen-bond acceptors (Lipinski definition) is 19. The van der Waals surface area contributed by atoms with Gasteiger partial charge in [-0.3, -0.25) is 30.3 Å². The molecule has 0 saturated heterocycles. The highest BCUT2D eigenvalue weighted by Crippen LogP contribution is 2.43. The molecule has 1 fully saturated rings. The first kappa shape index (κ1) is 118. The van der Waals surface area contributed by atoms with Crippen LogP contribution in [0.2, 0.25) is 0 Å². The van der Waals surface area contributed by atoms with E-state index >= 15 is 0 Å². The first-order valence-corrected chi connectivity index (χ1v) is 49.1. The summed E-state index contributed by atoms with van der Waals surface area (Å²) >= 11 is 0. The first-order chi connectivity index (χ1) is 66.9. The van der Waals surface area contributed by atoms with Gasteiger partial charge in [-0.2, -0.15) is 38.7 Å². The third kappa shape index (κ3) is 41.1. The van der Waals surface area contributed by atoms with E-state index < -0.39 is 41.4 Å². The zero-order valence-corrected chi connectivity index (χ0v) is 86.3. The standard InChI is InChI=1S/C22H31F2N3O.2C22H33F2N3O.C20H27F3N4O3.C20H29F2N3O2/c1-4-5-9-27(3)14-18-13-25-26-21(18)17-10-19(22(2,23)24)12-20(11-17)28-15-16-7-6-8-16;1-6-7-9-27(5)15-18-14-25-26-21(18)17-11-19(22(4,23)24)13-20(12-17)28-10-8-16(2)3;1-6-7-9-27(5)15-21-20(14-25-26-21)17-11-18(22(4,23)24)13-19(12-17)28-10-8-16(2)3;1-24-6-7-27(2)13-15-12-25-26-19(15)14-9-16(20(21,22)23)11-17(10-14)30-8-4-5-18(28)29-3;1-5-6-7-25(3)14-16-13-23-24-19(16)15-10-17(20(2,21)22)12-18(11-15)27-9-8-26-4/h10-13,16H,4-9,14-15H2,1-3H3,(H,25,26);2*11-14,16H,6-10,15H2,1-5H3,(H,25,26);9-12,24H,4-8,13H2,1-3H3,(H,25,26);10-13H,5-9,14H2,1-4H3,(H,23,24). The van der Waals surface area contributed by atoms with Gasteiger partial charge in [0.25, 0.3) is 23.7 Å². The second-order valence-electron chi connectivity index (χ2n) is 37.9. The quantitative estimate of drug-likeness (QED) is 0.0118. The van der Waals surface area contributed by atoms with Crippen LogP contribution in [0.25, 0.3) is 56.2 Å². The van der Waals surface area contributed by atoms with Gasteiger partial charge in [-0.25, -0.2) is 35.1 Å². The van der Waals surface area contributed by atoms with E-state index in [0.717, 1.165) is 213 Å². The molecule has 1 aliphatic carbocycles. The third-order valence-corrected chi connectivity index (χ3v) is 23.7. The fourth-order valence-corrected chi connectivity index (χ4v) is 15.0. The van der Waals surface area contributed by atoms with Gasteiger partial charge in [0, 0.05) is 159 Å². The number of nitrogens with zero attached hydrogens (tertiary/aromatic N) is 10. The molecule has 0 amide bonds. The van der Waals surface area contributed by atoms with Gasteiger partial charge in [0.15, 0.2) is 0 Å². The van der Waals surface area contributed by atoms with Crippen molar-refractivity contribution in [2.24, 2.45) is 17.8 Å². The highest BCUT2D eigenvalue weighted by molar-refractivity contribution is 5.71. The molecule has 0 unspecified atom stereocenters. The van der Waals surface area contributed by atoms with Gasteiger partial charge in [0.05, 0.1) is 105 Å². The van der Waals surface area contributed by atoms with Crippen LogP contribution in [0.15, 0.2) is 122 Å². The topological polar surface area (TPSA) is 253 Å². The number of nitrogens with one attached hydrogen (secondary N) is 6. The molecule has 0 radical (unpaired) electrons. The minimum absolute atomic E-state index is 0.0338. The highest BCUT2D eigenvalue weighted by atomic mass is 19.4. The summed E-state index contributed by atoms with van der Waals surface area (Å²) in [5.41, 5.74) is 10.3. The monoisotopic (exact) mass is 1990 g/mol. The molecule has 5 heterocycles. The Balaban J connectivity index is 0.000000240. The highest BCUT2D eigenvalue weighted by Gasteiger charge is 2.35. The van der Waals surface area contributed by atoms with Crippen molar-refractivity contribution >= 4 is 5.97 Å². The Morgan fingerprint density at radius 1 is 0.397 bits per heavy atom. The molecule has 0 spiro atoms. The molecule has 0 bridgehead atoms. The summed E-state index contributed by atoms with van der Waals surface area (Å²) in [6.07, 6.45) is 18.9. The molecule has 782 valence electrons.